The van der Waals surface area contributed by atoms with Crippen LogP contribution in [0.25, 0.3) is 0 Å². The third kappa shape index (κ3) is 5.48. The number of furan rings is 1. The SMILES string of the molecule is CC(C)c1ccc(OCc2ccc(C(=O)NCC(=O)C(C)(C)C)o2)cc1. The van der Waals surface area contributed by atoms with Gasteiger partial charge in [0.05, 0.1) is 6.54 Å². The molecule has 0 aliphatic carbocycles. The highest BCUT2D eigenvalue weighted by Gasteiger charge is 2.22. The molecule has 2 rings (SSSR count). The second-order valence-corrected chi connectivity index (χ2v) is 7.63. The van der Waals surface area contributed by atoms with Crippen molar-refractivity contribution in [2.24, 2.45) is 5.41 Å². The number of nitrogens with one attached hydrogen (secondary N) is 1. The summed E-state index contributed by atoms with van der Waals surface area (Å²) in [5, 5.41) is 2.59. The molecule has 0 aliphatic heterocycles. The van der Waals surface area contributed by atoms with Gasteiger partial charge < -0.3 is 14.5 Å². The van der Waals surface area contributed by atoms with Gasteiger partial charge in [0.15, 0.2) is 11.5 Å². The summed E-state index contributed by atoms with van der Waals surface area (Å²) in [5.41, 5.74) is 0.764. The Morgan fingerprint density at radius 1 is 1.08 bits per heavy atom. The molecule has 1 amide bonds. The third-order valence-corrected chi connectivity index (χ3v) is 4.06. The Bertz CT molecular complexity index is 751. The predicted molar refractivity (Wildman–Crippen MR) is 100 cm³/mol. The molecule has 0 aliphatic rings. The molecule has 2 aromatic rings. The zero-order chi connectivity index (χ0) is 19.3. The molecule has 0 fully saturated rings. The summed E-state index contributed by atoms with van der Waals surface area (Å²) >= 11 is 0. The lowest BCUT2D eigenvalue weighted by Gasteiger charge is -2.16. The highest BCUT2D eigenvalue weighted by Crippen LogP contribution is 2.20. The van der Waals surface area contributed by atoms with E-state index in [1.54, 1.807) is 12.1 Å². The van der Waals surface area contributed by atoms with E-state index in [1.807, 2.05) is 45.0 Å². The maximum Gasteiger partial charge on any atom is 0.287 e. The lowest BCUT2D eigenvalue weighted by molar-refractivity contribution is -0.125. The smallest absolute Gasteiger partial charge is 0.287 e. The van der Waals surface area contributed by atoms with Crippen LogP contribution in [0.2, 0.25) is 0 Å². The molecule has 140 valence electrons. The fourth-order valence-corrected chi connectivity index (χ4v) is 2.19. The predicted octanol–water partition coefficient (Wildman–Crippen LogP) is 4.33. The summed E-state index contributed by atoms with van der Waals surface area (Å²) in [6, 6.07) is 11.2. The van der Waals surface area contributed by atoms with Crippen LogP contribution in [-0.2, 0) is 11.4 Å². The van der Waals surface area contributed by atoms with Crippen LogP contribution in [0.4, 0.5) is 0 Å². The van der Waals surface area contributed by atoms with Crippen LogP contribution in [0.1, 0.15) is 62.4 Å². The Morgan fingerprint density at radius 2 is 1.73 bits per heavy atom. The molecular formula is C21H27NO4. The molecule has 1 aromatic carbocycles. The van der Waals surface area contributed by atoms with Crippen LogP contribution >= 0.6 is 0 Å². The molecule has 1 aromatic heterocycles. The maximum absolute atomic E-state index is 12.1. The number of ether oxygens (including phenoxy) is 1. The number of ketones is 1. The zero-order valence-corrected chi connectivity index (χ0v) is 16.1. The number of hydrogen-bond donors (Lipinski definition) is 1. The molecule has 1 N–H and O–H groups in total. The lowest BCUT2D eigenvalue weighted by atomic mass is 9.91. The molecule has 1 heterocycles. The molecule has 26 heavy (non-hydrogen) atoms. The summed E-state index contributed by atoms with van der Waals surface area (Å²) in [4.78, 5) is 23.9. The first kappa shape index (κ1) is 19.8. The van der Waals surface area contributed by atoms with Crippen LogP contribution in [-0.4, -0.2) is 18.2 Å². The van der Waals surface area contributed by atoms with Gasteiger partial charge >= 0.3 is 0 Å². The molecule has 0 bridgehead atoms. The first-order chi connectivity index (χ1) is 12.2. The fourth-order valence-electron chi connectivity index (χ4n) is 2.19. The van der Waals surface area contributed by atoms with E-state index in [0.29, 0.717) is 11.7 Å². The highest BCUT2D eigenvalue weighted by molar-refractivity contribution is 5.95. The van der Waals surface area contributed by atoms with Crippen molar-refractivity contribution < 1.29 is 18.7 Å². The van der Waals surface area contributed by atoms with Crippen molar-refractivity contribution in [3.8, 4) is 5.75 Å². The van der Waals surface area contributed by atoms with E-state index in [2.05, 4.69) is 19.2 Å². The van der Waals surface area contributed by atoms with E-state index in [0.717, 1.165) is 5.75 Å². The number of Topliss-reactive ketones (excluding diaryl/α,β-unsaturated/α-hetero) is 1. The molecule has 5 nitrogen and oxygen atoms in total. The van der Waals surface area contributed by atoms with E-state index in [4.69, 9.17) is 9.15 Å². The minimum absolute atomic E-state index is 0.0168. The van der Waals surface area contributed by atoms with Crippen LogP contribution in [0.3, 0.4) is 0 Å². The number of benzene rings is 1. The van der Waals surface area contributed by atoms with Gasteiger partial charge in [-0.05, 0) is 35.7 Å². The second kappa shape index (κ2) is 8.21. The Balaban J connectivity index is 1.87. The van der Waals surface area contributed by atoms with E-state index in [-0.39, 0.29) is 24.7 Å². The Labute approximate surface area is 154 Å². The van der Waals surface area contributed by atoms with E-state index in [1.165, 1.54) is 5.56 Å². The minimum atomic E-state index is -0.486. The minimum Gasteiger partial charge on any atom is -0.486 e. The third-order valence-electron chi connectivity index (χ3n) is 4.06. The van der Waals surface area contributed by atoms with Gasteiger partial charge in [0, 0.05) is 5.41 Å². The van der Waals surface area contributed by atoms with E-state index >= 15 is 0 Å². The topological polar surface area (TPSA) is 68.5 Å². The first-order valence-corrected chi connectivity index (χ1v) is 8.80. The van der Waals surface area contributed by atoms with Crippen molar-refractivity contribution in [3.05, 3.63) is 53.5 Å². The monoisotopic (exact) mass is 357 g/mol. The molecule has 0 unspecified atom stereocenters. The summed E-state index contributed by atoms with van der Waals surface area (Å²) in [5.74, 6) is 1.49. The molecule has 5 heteroatoms. The fraction of sp³-hybridized carbons (Fsp3) is 0.429. The molecule has 0 saturated carbocycles. The average molecular weight is 357 g/mol. The van der Waals surface area contributed by atoms with Gasteiger partial charge in [-0.1, -0.05) is 46.8 Å². The zero-order valence-electron chi connectivity index (χ0n) is 16.1. The number of hydrogen-bond acceptors (Lipinski definition) is 4. The number of rotatable bonds is 7. The second-order valence-electron chi connectivity index (χ2n) is 7.63. The number of carbonyl (C=O) groups excluding carboxylic acids is 2. The summed E-state index contributed by atoms with van der Waals surface area (Å²) in [7, 11) is 0. The lowest BCUT2D eigenvalue weighted by Crippen LogP contribution is -2.35. The van der Waals surface area contributed by atoms with Crippen molar-refractivity contribution in [2.75, 3.05) is 6.54 Å². The summed E-state index contributed by atoms with van der Waals surface area (Å²) in [6.07, 6.45) is 0. The van der Waals surface area contributed by atoms with Crippen molar-refractivity contribution in [3.63, 3.8) is 0 Å². The molecular weight excluding hydrogens is 330 g/mol. The molecule has 0 saturated heterocycles. The van der Waals surface area contributed by atoms with Gasteiger partial charge in [-0.3, -0.25) is 9.59 Å². The van der Waals surface area contributed by atoms with Gasteiger partial charge in [0.1, 0.15) is 18.1 Å². The van der Waals surface area contributed by atoms with Crippen LogP contribution < -0.4 is 10.1 Å². The average Bonchev–Trinajstić information content (AvgIpc) is 3.06. The van der Waals surface area contributed by atoms with Crippen molar-refractivity contribution in [2.45, 2.75) is 47.1 Å². The van der Waals surface area contributed by atoms with E-state index < -0.39 is 11.3 Å². The van der Waals surface area contributed by atoms with Crippen molar-refractivity contribution in [1.82, 2.24) is 5.32 Å². The molecule has 0 spiro atoms. The summed E-state index contributed by atoms with van der Waals surface area (Å²) < 4.78 is 11.2. The van der Waals surface area contributed by atoms with Crippen molar-refractivity contribution in [1.29, 1.82) is 0 Å². The van der Waals surface area contributed by atoms with Gasteiger partial charge in [0.25, 0.3) is 5.91 Å². The van der Waals surface area contributed by atoms with Gasteiger partial charge in [-0.2, -0.15) is 0 Å². The van der Waals surface area contributed by atoms with Crippen molar-refractivity contribution >= 4 is 11.7 Å². The molecule has 0 radical (unpaired) electrons. The first-order valence-electron chi connectivity index (χ1n) is 8.80. The molecule has 0 atom stereocenters. The maximum atomic E-state index is 12.1. The number of amides is 1. The quantitative estimate of drug-likeness (QED) is 0.801. The van der Waals surface area contributed by atoms with E-state index in [9.17, 15) is 9.59 Å². The Kier molecular flexibility index (Phi) is 6.24. The Hall–Kier alpha value is -2.56. The Morgan fingerprint density at radius 3 is 2.31 bits per heavy atom. The van der Waals surface area contributed by atoms with Gasteiger partial charge in [-0.25, -0.2) is 0 Å². The largest absolute Gasteiger partial charge is 0.486 e. The standard InChI is InChI=1S/C21H27NO4/c1-14(2)15-6-8-16(9-7-15)25-13-17-10-11-18(26-17)20(24)22-12-19(23)21(3,4)5/h6-11,14H,12-13H2,1-5H3,(H,22,24). The summed E-state index contributed by atoms with van der Waals surface area (Å²) in [6.45, 7) is 9.94. The van der Waals surface area contributed by atoms with Gasteiger partial charge in [0.2, 0.25) is 0 Å². The van der Waals surface area contributed by atoms with Crippen LogP contribution in [0, 0.1) is 5.41 Å². The normalized spacial score (nSPS) is 11.5. The highest BCUT2D eigenvalue weighted by atomic mass is 16.5. The van der Waals surface area contributed by atoms with Gasteiger partial charge in [-0.15, -0.1) is 0 Å². The number of carbonyl (C=O) groups is 2. The van der Waals surface area contributed by atoms with Crippen LogP contribution in [0.5, 0.6) is 5.75 Å². The van der Waals surface area contributed by atoms with Crippen LogP contribution in [0.15, 0.2) is 40.8 Å².